The Kier molecular flexibility index (Phi) is 5.24. The van der Waals surface area contributed by atoms with Crippen molar-refractivity contribution in [3.63, 3.8) is 0 Å². The van der Waals surface area contributed by atoms with Crippen LogP contribution in [-0.4, -0.2) is 4.57 Å². The van der Waals surface area contributed by atoms with Crippen molar-refractivity contribution in [2.45, 2.75) is 90.4 Å². The fourth-order valence-corrected chi connectivity index (χ4v) is 8.14. The second kappa shape index (κ2) is 8.15. The molecule has 2 saturated carbocycles. The van der Waals surface area contributed by atoms with E-state index in [0.717, 1.165) is 11.8 Å². The summed E-state index contributed by atoms with van der Waals surface area (Å²) in [6.45, 7) is 7.02. The molecule has 2 aromatic carbocycles. The van der Waals surface area contributed by atoms with Gasteiger partial charge in [0.1, 0.15) is 17.1 Å². The number of rotatable bonds is 3. The quantitative estimate of drug-likeness (QED) is 0.375. The molecule has 0 unspecified atom stereocenters. The van der Waals surface area contributed by atoms with E-state index in [0.29, 0.717) is 0 Å². The minimum Gasteiger partial charge on any atom is -0.197 e. The van der Waals surface area contributed by atoms with Crippen LogP contribution in [0.2, 0.25) is 0 Å². The molecule has 0 amide bonds. The van der Waals surface area contributed by atoms with Gasteiger partial charge >= 0.3 is 0 Å². The minimum absolute atomic E-state index is 0.167. The van der Waals surface area contributed by atoms with Gasteiger partial charge in [0.15, 0.2) is 5.69 Å². The number of nitrogens with zero attached hydrogens (tertiary/aromatic N) is 2. The van der Waals surface area contributed by atoms with E-state index in [4.69, 9.17) is 0 Å². The van der Waals surface area contributed by atoms with Gasteiger partial charge < -0.3 is 0 Å². The molecule has 172 valence electrons. The van der Waals surface area contributed by atoms with Crippen LogP contribution in [0.3, 0.4) is 0 Å². The van der Waals surface area contributed by atoms with Crippen molar-refractivity contribution in [1.82, 2.24) is 4.57 Å². The predicted molar refractivity (Wildman–Crippen MR) is 135 cm³/mol. The Balaban J connectivity index is 1.68. The molecule has 6 rings (SSSR count). The van der Waals surface area contributed by atoms with E-state index in [2.05, 4.69) is 78.4 Å². The molecule has 2 heterocycles. The zero-order chi connectivity index (χ0) is 22.6. The first-order valence-electron chi connectivity index (χ1n) is 13.5. The summed E-state index contributed by atoms with van der Waals surface area (Å²) in [6, 6.07) is 18.4. The highest BCUT2D eigenvalue weighted by atomic mass is 15.2. The topological polar surface area (TPSA) is 8.81 Å². The third kappa shape index (κ3) is 2.95. The Morgan fingerprint density at radius 2 is 1.30 bits per heavy atom. The Labute approximate surface area is 199 Å². The first-order valence-corrected chi connectivity index (χ1v) is 13.5. The number of para-hydroxylation sites is 2. The average Bonchev–Trinajstić information content (AvgIpc) is 3.31. The summed E-state index contributed by atoms with van der Waals surface area (Å²) in [5, 5.41) is 0. The number of aromatic nitrogens is 2. The van der Waals surface area contributed by atoms with Gasteiger partial charge in [0, 0.05) is 19.4 Å². The highest BCUT2D eigenvalue weighted by Crippen LogP contribution is 2.58. The molecule has 1 aliphatic heterocycles. The lowest BCUT2D eigenvalue weighted by Gasteiger charge is -2.46. The molecule has 2 aliphatic carbocycles. The van der Waals surface area contributed by atoms with Crippen molar-refractivity contribution < 1.29 is 4.57 Å². The molecular weight excluding hydrogens is 400 g/mol. The zero-order valence-electron chi connectivity index (χ0n) is 20.7. The summed E-state index contributed by atoms with van der Waals surface area (Å²) in [5.41, 5.74) is 9.05. The highest BCUT2D eigenvalue weighted by Gasteiger charge is 2.59. The molecule has 33 heavy (non-hydrogen) atoms. The first-order chi connectivity index (χ1) is 16.2. The fourth-order valence-electron chi connectivity index (χ4n) is 8.14. The van der Waals surface area contributed by atoms with Crippen molar-refractivity contribution >= 4 is 0 Å². The molecule has 2 nitrogen and oxygen atoms in total. The average molecular weight is 440 g/mol. The summed E-state index contributed by atoms with van der Waals surface area (Å²) in [6.07, 6.45) is 14.0. The van der Waals surface area contributed by atoms with Crippen LogP contribution in [0.15, 0.2) is 48.5 Å². The fraction of sp³-hybridized carbons (Fsp3) is 0.516. The van der Waals surface area contributed by atoms with Crippen molar-refractivity contribution in [3.8, 4) is 11.4 Å². The summed E-state index contributed by atoms with van der Waals surface area (Å²) in [5.74, 6) is 2.88. The van der Waals surface area contributed by atoms with E-state index >= 15 is 0 Å². The molecule has 0 bridgehead atoms. The maximum absolute atomic E-state index is 2.68. The zero-order valence-corrected chi connectivity index (χ0v) is 20.7. The van der Waals surface area contributed by atoms with Gasteiger partial charge in [-0.25, -0.2) is 0 Å². The van der Waals surface area contributed by atoms with Crippen molar-refractivity contribution in [3.05, 3.63) is 76.9 Å². The van der Waals surface area contributed by atoms with Gasteiger partial charge in [-0.05, 0) is 62.1 Å². The standard InChI is InChI=1S/C31H39N2/c1-22-14-10-12-20-28(22)32-23(2)30-31(25-15-6-4-7-16-25,26-17-8-5-9-18-26)27-19-11-13-21-29(27)33(30)24(32)3/h10-14,19-21,25-26H,4-9,15-18H2,1-3H3/q+1. The molecule has 1 aromatic heterocycles. The summed E-state index contributed by atoms with van der Waals surface area (Å²) in [7, 11) is 0. The van der Waals surface area contributed by atoms with E-state index in [-0.39, 0.29) is 5.41 Å². The van der Waals surface area contributed by atoms with Gasteiger partial charge in [-0.15, -0.1) is 0 Å². The first kappa shape index (κ1) is 21.2. The van der Waals surface area contributed by atoms with Crippen molar-refractivity contribution in [2.75, 3.05) is 0 Å². The van der Waals surface area contributed by atoms with E-state index in [9.17, 15) is 0 Å². The number of imidazole rings is 1. The predicted octanol–water partition coefficient (Wildman–Crippen LogP) is 7.44. The maximum Gasteiger partial charge on any atom is 0.264 e. The molecule has 3 aliphatic rings. The molecular formula is C31H39N2+. The normalized spacial score (nSPS) is 20.6. The van der Waals surface area contributed by atoms with Gasteiger partial charge in [0.25, 0.3) is 5.82 Å². The molecule has 0 radical (unpaired) electrons. The lowest BCUT2D eigenvalue weighted by atomic mass is 9.55. The van der Waals surface area contributed by atoms with Gasteiger partial charge in [-0.1, -0.05) is 74.9 Å². The third-order valence-corrected chi connectivity index (χ3v) is 9.39. The number of hydrogen-bond acceptors (Lipinski definition) is 0. The monoisotopic (exact) mass is 439 g/mol. The third-order valence-electron chi connectivity index (χ3n) is 9.39. The van der Waals surface area contributed by atoms with Crippen LogP contribution >= 0.6 is 0 Å². The Bertz CT molecular complexity index is 1150. The van der Waals surface area contributed by atoms with E-state index in [1.807, 2.05) is 0 Å². The number of hydrogen-bond donors (Lipinski definition) is 0. The maximum atomic E-state index is 2.68. The van der Waals surface area contributed by atoms with Gasteiger partial charge in [0.2, 0.25) is 0 Å². The van der Waals surface area contributed by atoms with Crippen LogP contribution in [0.25, 0.3) is 11.4 Å². The van der Waals surface area contributed by atoms with Crippen molar-refractivity contribution in [1.29, 1.82) is 0 Å². The van der Waals surface area contributed by atoms with Gasteiger partial charge in [-0.3, -0.25) is 0 Å². The number of fused-ring (bicyclic) bond motifs is 3. The van der Waals surface area contributed by atoms with Crippen LogP contribution in [-0.2, 0) is 5.41 Å². The Hall–Kier alpha value is -2.35. The molecule has 3 aromatic rings. The van der Waals surface area contributed by atoms with Gasteiger partial charge in [-0.2, -0.15) is 9.13 Å². The molecule has 2 heteroatoms. The Morgan fingerprint density at radius 1 is 0.727 bits per heavy atom. The number of aryl methyl sites for hydroxylation is 1. The molecule has 0 atom stereocenters. The van der Waals surface area contributed by atoms with E-state index in [1.54, 1.807) is 11.3 Å². The van der Waals surface area contributed by atoms with Crippen LogP contribution in [0, 0.1) is 32.6 Å². The van der Waals surface area contributed by atoms with Crippen LogP contribution in [0.4, 0.5) is 0 Å². The second-order valence-electron chi connectivity index (χ2n) is 11.0. The summed E-state index contributed by atoms with van der Waals surface area (Å²) >= 11 is 0. The largest absolute Gasteiger partial charge is 0.264 e. The highest BCUT2D eigenvalue weighted by molar-refractivity contribution is 5.54. The minimum atomic E-state index is 0.167. The SMILES string of the molecule is Cc1ccccc1-n1c(C)c2[n+](c1C)-c1ccccc1C2(C1CCCCC1)C1CCCCC1. The van der Waals surface area contributed by atoms with Crippen LogP contribution in [0.5, 0.6) is 0 Å². The molecule has 0 N–H and O–H groups in total. The smallest absolute Gasteiger partial charge is 0.197 e. The van der Waals surface area contributed by atoms with Crippen LogP contribution < -0.4 is 4.57 Å². The summed E-state index contributed by atoms with van der Waals surface area (Å²) < 4.78 is 5.25. The van der Waals surface area contributed by atoms with Gasteiger partial charge in [0.05, 0.1) is 5.41 Å². The van der Waals surface area contributed by atoms with Crippen LogP contribution in [0.1, 0.15) is 92.5 Å². The number of benzene rings is 2. The summed E-state index contributed by atoms with van der Waals surface area (Å²) in [4.78, 5) is 0. The molecule has 0 saturated heterocycles. The second-order valence-corrected chi connectivity index (χ2v) is 11.0. The molecule has 0 spiro atoms. The van der Waals surface area contributed by atoms with E-state index < -0.39 is 0 Å². The lowest BCUT2D eigenvalue weighted by molar-refractivity contribution is -0.607. The van der Waals surface area contributed by atoms with Crippen molar-refractivity contribution in [2.24, 2.45) is 11.8 Å². The molecule has 2 fully saturated rings. The Morgan fingerprint density at radius 3 is 1.94 bits per heavy atom. The lowest BCUT2D eigenvalue weighted by Crippen LogP contribution is -2.47. The van der Waals surface area contributed by atoms with E-state index in [1.165, 1.54) is 92.7 Å².